The van der Waals surface area contributed by atoms with Crippen LogP contribution in [0, 0.1) is 10.1 Å². The first-order chi connectivity index (χ1) is 10.7. The highest BCUT2D eigenvalue weighted by molar-refractivity contribution is 5.64. The number of rotatable bonds is 5. The fraction of sp³-hybridized carbons (Fsp3) is 0.0667. The van der Waals surface area contributed by atoms with Gasteiger partial charge in [-0.05, 0) is 35.9 Å². The van der Waals surface area contributed by atoms with Crippen LogP contribution in [-0.2, 0) is 6.54 Å². The number of hydrogen-bond acceptors (Lipinski definition) is 5. The summed E-state index contributed by atoms with van der Waals surface area (Å²) in [5.74, 6) is 0.862. The molecule has 110 valence electrons. The fourth-order valence-corrected chi connectivity index (χ4v) is 1.98. The Labute approximate surface area is 125 Å². The van der Waals surface area contributed by atoms with E-state index in [0.717, 1.165) is 11.4 Å². The van der Waals surface area contributed by atoms with Crippen LogP contribution in [0.1, 0.15) is 17.1 Å². The summed E-state index contributed by atoms with van der Waals surface area (Å²) in [7, 11) is 0. The highest BCUT2D eigenvalue weighted by Gasteiger charge is 2.10. The first kappa shape index (κ1) is 13.7. The first-order valence-electron chi connectivity index (χ1n) is 6.55. The summed E-state index contributed by atoms with van der Waals surface area (Å²) >= 11 is 0. The maximum absolute atomic E-state index is 10.6. The second-order valence-corrected chi connectivity index (χ2v) is 4.54. The summed E-state index contributed by atoms with van der Waals surface area (Å²) < 4.78 is 7.03. The molecule has 22 heavy (non-hydrogen) atoms. The van der Waals surface area contributed by atoms with Crippen molar-refractivity contribution in [1.29, 1.82) is 0 Å². The van der Waals surface area contributed by atoms with Crippen LogP contribution in [0.5, 0.6) is 0 Å². The van der Waals surface area contributed by atoms with Crippen molar-refractivity contribution in [3.63, 3.8) is 0 Å². The van der Waals surface area contributed by atoms with E-state index in [4.69, 9.17) is 4.42 Å². The Balaban J connectivity index is 1.77. The summed E-state index contributed by atoms with van der Waals surface area (Å²) in [6, 6.07) is 6.74. The molecule has 0 saturated carbocycles. The van der Waals surface area contributed by atoms with E-state index < -0.39 is 4.92 Å². The van der Waals surface area contributed by atoms with Gasteiger partial charge in [-0.1, -0.05) is 0 Å². The molecule has 0 aromatic carbocycles. The SMILES string of the molecule is O=[N+]([O-])c1ccc(C=Cc2nccn2Cc2ccncc2)o1. The zero-order valence-corrected chi connectivity index (χ0v) is 11.5. The second kappa shape index (κ2) is 6.04. The topological polar surface area (TPSA) is 87.0 Å². The number of imidazole rings is 1. The Kier molecular flexibility index (Phi) is 3.78. The number of furan rings is 1. The van der Waals surface area contributed by atoms with Crippen molar-refractivity contribution in [1.82, 2.24) is 14.5 Å². The lowest BCUT2D eigenvalue weighted by molar-refractivity contribution is -0.402. The fourth-order valence-electron chi connectivity index (χ4n) is 1.98. The number of nitro groups is 1. The van der Waals surface area contributed by atoms with Crippen LogP contribution in [0.15, 0.2) is 53.5 Å². The van der Waals surface area contributed by atoms with Crippen LogP contribution in [0.2, 0.25) is 0 Å². The lowest BCUT2D eigenvalue weighted by Gasteiger charge is -2.04. The van der Waals surface area contributed by atoms with E-state index in [1.807, 2.05) is 22.9 Å². The molecule has 0 atom stereocenters. The molecule has 0 amide bonds. The van der Waals surface area contributed by atoms with Gasteiger partial charge in [-0.15, -0.1) is 0 Å². The van der Waals surface area contributed by atoms with Crippen LogP contribution in [0.4, 0.5) is 5.88 Å². The lowest BCUT2D eigenvalue weighted by atomic mass is 10.2. The molecule has 0 unspecified atom stereocenters. The van der Waals surface area contributed by atoms with Crippen LogP contribution >= 0.6 is 0 Å². The van der Waals surface area contributed by atoms with Crippen molar-refractivity contribution < 1.29 is 9.34 Å². The third-order valence-electron chi connectivity index (χ3n) is 3.04. The van der Waals surface area contributed by atoms with Gasteiger partial charge in [0, 0.05) is 31.3 Å². The van der Waals surface area contributed by atoms with Crippen LogP contribution < -0.4 is 0 Å². The predicted octanol–water partition coefficient (Wildman–Crippen LogP) is 3.00. The molecule has 7 nitrogen and oxygen atoms in total. The van der Waals surface area contributed by atoms with Gasteiger partial charge in [-0.25, -0.2) is 4.98 Å². The standard InChI is InChI=1S/C15H12N4O3/c20-19(21)15-4-2-13(22-15)1-3-14-17-9-10-18(14)11-12-5-7-16-8-6-12/h1-10H,11H2. The molecule has 0 aliphatic carbocycles. The molecular formula is C15H12N4O3. The van der Waals surface area contributed by atoms with Crippen molar-refractivity contribution >= 4 is 18.0 Å². The average molecular weight is 296 g/mol. The molecule has 0 saturated heterocycles. The van der Waals surface area contributed by atoms with Gasteiger partial charge in [-0.3, -0.25) is 15.1 Å². The highest BCUT2D eigenvalue weighted by Crippen LogP contribution is 2.17. The normalized spacial score (nSPS) is 11.1. The third-order valence-corrected chi connectivity index (χ3v) is 3.04. The maximum atomic E-state index is 10.6. The van der Waals surface area contributed by atoms with Gasteiger partial charge < -0.3 is 8.98 Å². The lowest BCUT2D eigenvalue weighted by Crippen LogP contribution is -2.00. The van der Waals surface area contributed by atoms with Crippen molar-refractivity contribution in [2.45, 2.75) is 6.54 Å². The minimum atomic E-state index is -0.568. The zero-order chi connectivity index (χ0) is 15.4. The van der Waals surface area contributed by atoms with Crippen molar-refractivity contribution in [3.05, 3.63) is 76.3 Å². The van der Waals surface area contributed by atoms with E-state index in [-0.39, 0.29) is 5.88 Å². The van der Waals surface area contributed by atoms with E-state index in [2.05, 4.69) is 9.97 Å². The van der Waals surface area contributed by atoms with Gasteiger partial charge in [-0.2, -0.15) is 0 Å². The average Bonchev–Trinajstić information content (AvgIpc) is 3.15. The summed E-state index contributed by atoms with van der Waals surface area (Å²) in [6.07, 6.45) is 10.5. The largest absolute Gasteiger partial charge is 0.433 e. The molecule has 0 aliphatic rings. The minimum absolute atomic E-state index is 0.278. The molecule has 0 fully saturated rings. The van der Waals surface area contributed by atoms with Gasteiger partial charge in [0.25, 0.3) is 0 Å². The van der Waals surface area contributed by atoms with E-state index in [1.54, 1.807) is 36.8 Å². The van der Waals surface area contributed by atoms with Gasteiger partial charge in [0.15, 0.2) is 0 Å². The molecule has 3 aromatic rings. The van der Waals surface area contributed by atoms with Gasteiger partial charge in [0.05, 0.1) is 6.07 Å². The number of nitrogens with zero attached hydrogens (tertiary/aromatic N) is 4. The molecule has 0 N–H and O–H groups in total. The molecule has 0 bridgehead atoms. The van der Waals surface area contributed by atoms with Gasteiger partial charge in [0.2, 0.25) is 0 Å². The second-order valence-electron chi connectivity index (χ2n) is 4.54. The Hall–Kier alpha value is -3.22. The van der Waals surface area contributed by atoms with Crippen molar-refractivity contribution in [2.24, 2.45) is 0 Å². The van der Waals surface area contributed by atoms with E-state index in [9.17, 15) is 10.1 Å². The molecular weight excluding hydrogens is 284 g/mol. The smallest absolute Gasteiger partial charge is 0.401 e. The van der Waals surface area contributed by atoms with Crippen molar-refractivity contribution in [2.75, 3.05) is 0 Å². The molecule has 0 radical (unpaired) electrons. The monoisotopic (exact) mass is 296 g/mol. The molecule has 0 spiro atoms. The van der Waals surface area contributed by atoms with Crippen LogP contribution in [0.25, 0.3) is 12.2 Å². The van der Waals surface area contributed by atoms with Gasteiger partial charge >= 0.3 is 5.88 Å². The quantitative estimate of drug-likeness (QED) is 0.533. The highest BCUT2D eigenvalue weighted by atomic mass is 16.6. The summed E-state index contributed by atoms with van der Waals surface area (Å²) in [5, 5.41) is 10.6. The number of hydrogen-bond donors (Lipinski definition) is 0. The molecule has 3 heterocycles. The number of pyridine rings is 1. The summed E-state index contributed by atoms with van der Waals surface area (Å²) in [6.45, 7) is 0.667. The Morgan fingerprint density at radius 2 is 2.00 bits per heavy atom. The first-order valence-corrected chi connectivity index (χ1v) is 6.55. The molecule has 3 rings (SSSR count). The predicted molar refractivity (Wildman–Crippen MR) is 79.9 cm³/mol. The Bertz CT molecular complexity index is 805. The van der Waals surface area contributed by atoms with Crippen molar-refractivity contribution in [3.8, 4) is 0 Å². The Morgan fingerprint density at radius 3 is 2.73 bits per heavy atom. The third kappa shape index (κ3) is 3.09. The summed E-state index contributed by atoms with van der Waals surface area (Å²) in [4.78, 5) is 18.2. The van der Waals surface area contributed by atoms with Crippen LogP contribution in [-0.4, -0.2) is 19.5 Å². The van der Waals surface area contributed by atoms with Gasteiger partial charge in [0.1, 0.15) is 16.5 Å². The van der Waals surface area contributed by atoms with Crippen LogP contribution in [0.3, 0.4) is 0 Å². The zero-order valence-electron chi connectivity index (χ0n) is 11.5. The van der Waals surface area contributed by atoms with E-state index in [1.165, 1.54) is 6.07 Å². The minimum Gasteiger partial charge on any atom is -0.401 e. The molecule has 0 aliphatic heterocycles. The number of aromatic nitrogens is 3. The summed E-state index contributed by atoms with van der Waals surface area (Å²) in [5.41, 5.74) is 1.11. The van der Waals surface area contributed by atoms with E-state index in [0.29, 0.717) is 12.3 Å². The maximum Gasteiger partial charge on any atom is 0.433 e. The molecule has 7 heteroatoms. The van der Waals surface area contributed by atoms with E-state index >= 15 is 0 Å². The molecule has 3 aromatic heterocycles. The Morgan fingerprint density at radius 1 is 1.18 bits per heavy atom.